The SMILES string of the molecule is CCCc1nc(C(=O)NCCNCC)nn1-c1ccccc1Cl. The van der Waals surface area contributed by atoms with Gasteiger partial charge in [-0.05, 0) is 25.1 Å². The predicted molar refractivity (Wildman–Crippen MR) is 91.2 cm³/mol. The van der Waals surface area contributed by atoms with Gasteiger partial charge in [-0.1, -0.05) is 37.6 Å². The first-order chi connectivity index (χ1) is 11.2. The van der Waals surface area contributed by atoms with Crippen molar-refractivity contribution >= 4 is 17.5 Å². The van der Waals surface area contributed by atoms with E-state index in [0.29, 0.717) is 11.6 Å². The molecule has 6 nitrogen and oxygen atoms in total. The van der Waals surface area contributed by atoms with E-state index in [4.69, 9.17) is 11.6 Å². The highest BCUT2D eigenvalue weighted by Gasteiger charge is 2.17. The molecule has 2 aromatic rings. The number of amides is 1. The summed E-state index contributed by atoms with van der Waals surface area (Å²) in [5, 5.41) is 10.9. The second kappa shape index (κ2) is 8.64. The van der Waals surface area contributed by atoms with E-state index < -0.39 is 0 Å². The summed E-state index contributed by atoms with van der Waals surface area (Å²) in [6, 6.07) is 7.40. The Morgan fingerprint density at radius 1 is 1.26 bits per heavy atom. The molecule has 7 heteroatoms. The molecule has 2 rings (SSSR count). The van der Waals surface area contributed by atoms with E-state index in [1.165, 1.54) is 0 Å². The largest absolute Gasteiger partial charge is 0.348 e. The first-order valence-electron chi connectivity index (χ1n) is 7.87. The number of halogens is 1. The van der Waals surface area contributed by atoms with Gasteiger partial charge >= 0.3 is 0 Å². The van der Waals surface area contributed by atoms with Crippen LogP contribution >= 0.6 is 11.6 Å². The summed E-state index contributed by atoms with van der Waals surface area (Å²) in [7, 11) is 0. The lowest BCUT2D eigenvalue weighted by atomic mass is 10.3. The molecule has 0 saturated heterocycles. The molecule has 0 aliphatic rings. The van der Waals surface area contributed by atoms with Crippen molar-refractivity contribution in [2.24, 2.45) is 0 Å². The number of benzene rings is 1. The number of carbonyl (C=O) groups excluding carboxylic acids is 1. The maximum absolute atomic E-state index is 12.2. The van der Waals surface area contributed by atoms with Crippen molar-refractivity contribution in [3.05, 3.63) is 40.9 Å². The van der Waals surface area contributed by atoms with Crippen molar-refractivity contribution < 1.29 is 4.79 Å². The monoisotopic (exact) mass is 335 g/mol. The smallest absolute Gasteiger partial charge is 0.291 e. The summed E-state index contributed by atoms with van der Waals surface area (Å²) in [4.78, 5) is 16.6. The van der Waals surface area contributed by atoms with E-state index in [9.17, 15) is 4.79 Å². The molecule has 0 fully saturated rings. The molecule has 0 aliphatic heterocycles. The number of hydrogen-bond donors (Lipinski definition) is 2. The lowest BCUT2D eigenvalue weighted by Gasteiger charge is -2.06. The van der Waals surface area contributed by atoms with Crippen molar-refractivity contribution in [2.75, 3.05) is 19.6 Å². The van der Waals surface area contributed by atoms with Crippen LogP contribution in [-0.4, -0.2) is 40.3 Å². The Morgan fingerprint density at radius 3 is 2.74 bits per heavy atom. The van der Waals surface area contributed by atoms with Crippen LogP contribution in [0.15, 0.2) is 24.3 Å². The molecule has 0 bridgehead atoms. The Morgan fingerprint density at radius 2 is 2.04 bits per heavy atom. The number of likely N-dealkylation sites (N-methyl/N-ethyl adjacent to an activating group) is 1. The minimum absolute atomic E-state index is 0.171. The topological polar surface area (TPSA) is 71.8 Å². The van der Waals surface area contributed by atoms with Gasteiger partial charge in [0.2, 0.25) is 5.82 Å². The predicted octanol–water partition coefficient (Wildman–Crippen LogP) is 2.21. The van der Waals surface area contributed by atoms with Gasteiger partial charge in [0.15, 0.2) is 0 Å². The molecule has 0 aliphatic carbocycles. The lowest BCUT2D eigenvalue weighted by Crippen LogP contribution is -2.32. The second-order valence-corrected chi connectivity index (χ2v) is 5.48. The highest BCUT2D eigenvalue weighted by molar-refractivity contribution is 6.32. The second-order valence-electron chi connectivity index (χ2n) is 5.07. The summed E-state index contributed by atoms with van der Waals surface area (Å²) in [6.07, 6.45) is 1.63. The molecule has 1 aromatic heterocycles. The number of nitrogens with zero attached hydrogens (tertiary/aromatic N) is 3. The van der Waals surface area contributed by atoms with Crippen LogP contribution in [-0.2, 0) is 6.42 Å². The molecule has 1 aromatic carbocycles. The Balaban J connectivity index is 2.21. The maximum atomic E-state index is 12.2. The third-order valence-corrected chi connectivity index (χ3v) is 3.59. The van der Waals surface area contributed by atoms with Crippen LogP contribution in [0.5, 0.6) is 0 Å². The van der Waals surface area contributed by atoms with Crippen LogP contribution in [0.2, 0.25) is 5.02 Å². The van der Waals surface area contributed by atoms with Crippen molar-refractivity contribution in [3.8, 4) is 5.69 Å². The zero-order valence-corrected chi connectivity index (χ0v) is 14.2. The van der Waals surface area contributed by atoms with E-state index in [1.807, 2.05) is 25.1 Å². The van der Waals surface area contributed by atoms with Gasteiger partial charge in [-0.3, -0.25) is 4.79 Å². The number of aromatic nitrogens is 3. The van der Waals surface area contributed by atoms with E-state index in [1.54, 1.807) is 10.7 Å². The Bertz CT molecular complexity index is 656. The molecule has 124 valence electrons. The first kappa shape index (κ1) is 17.4. The van der Waals surface area contributed by atoms with Crippen LogP contribution < -0.4 is 10.6 Å². The fraction of sp³-hybridized carbons (Fsp3) is 0.438. The average molecular weight is 336 g/mol. The van der Waals surface area contributed by atoms with Crippen LogP contribution in [0.1, 0.15) is 36.7 Å². The van der Waals surface area contributed by atoms with Crippen molar-refractivity contribution in [1.29, 1.82) is 0 Å². The highest BCUT2D eigenvalue weighted by atomic mass is 35.5. The van der Waals surface area contributed by atoms with Gasteiger partial charge < -0.3 is 10.6 Å². The molecule has 0 atom stereocenters. The Kier molecular flexibility index (Phi) is 6.55. The van der Waals surface area contributed by atoms with Crippen LogP contribution in [0.25, 0.3) is 5.69 Å². The summed E-state index contributed by atoms with van der Waals surface area (Å²) in [5.41, 5.74) is 0.733. The molecule has 1 heterocycles. The summed E-state index contributed by atoms with van der Waals surface area (Å²) in [5.74, 6) is 0.633. The normalized spacial score (nSPS) is 10.7. The van der Waals surface area contributed by atoms with Gasteiger partial charge in [-0.15, -0.1) is 5.10 Å². The number of nitrogens with one attached hydrogen (secondary N) is 2. The summed E-state index contributed by atoms with van der Waals surface area (Å²) < 4.78 is 1.66. The number of carbonyl (C=O) groups is 1. The minimum Gasteiger partial charge on any atom is -0.348 e. The molecule has 0 saturated carbocycles. The van der Waals surface area contributed by atoms with Crippen molar-refractivity contribution in [2.45, 2.75) is 26.7 Å². The summed E-state index contributed by atoms with van der Waals surface area (Å²) in [6.45, 7) is 6.20. The van der Waals surface area contributed by atoms with Gasteiger partial charge in [0.05, 0.1) is 10.7 Å². The maximum Gasteiger partial charge on any atom is 0.291 e. The Labute approximate surface area is 141 Å². The standard InChI is InChI=1S/C16H22ClN5O/c1-3-7-14-20-15(16(23)19-11-10-18-4-2)21-22(14)13-9-6-5-8-12(13)17/h5-6,8-9,18H,3-4,7,10-11H2,1-2H3,(H,19,23). The summed E-state index contributed by atoms with van der Waals surface area (Å²) >= 11 is 6.24. The molecule has 23 heavy (non-hydrogen) atoms. The van der Waals surface area contributed by atoms with E-state index >= 15 is 0 Å². The van der Waals surface area contributed by atoms with E-state index in [-0.39, 0.29) is 11.7 Å². The van der Waals surface area contributed by atoms with Crippen molar-refractivity contribution in [1.82, 2.24) is 25.4 Å². The minimum atomic E-state index is -0.272. The number of hydrogen-bond acceptors (Lipinski definition) is 4. The number of aryl methyl sites for hydroxylation is 1. The van der Waals surface area contributed by atoms with Gasteiger partial charge in [0.25, 0.3) is 5.91 Å². The molecular weight excluding hydrogens is 314 g/mol. The van der Waals surface area contributed by atoms with Crippen LogP contribution in [0, 0.1) is 0 Å². The molecule has 0 unspecified atom stereocenters. The number of rotatable bonds is 8. The molecular formula is C16H22ClN5O. The van der Waals surface area contributed by atoms with Gasteiger partial charge in [0, 0.05) is 19.5 Å². The van der Waals surface area contributed by atoms with Crippen LogP contribution in [0.4, 0.5) is 0 Å². The molecule has 0 spiro atoms. The third kappa shape index (κ3) is 4.53. The van der Waals surface area contributed by atoms with Gasteiger partial charge in [0.1, 0.15) is 5.82 Å². The van der Waals surface area contributed by atoms with Crippen LogP contribution in [0.3, 0.4) is 0 Å². The Hall–Kier alpha value is -1.92. The fourth-order valence-electron chi connectivity index (χ4n) is 2.16. The van der Waals surface area contributed by atoms with E-state index in [0.717, 1.165) is 37.4 Å². The van der Waals surface area contributed by atoms with Crippen molar-refractivity contribution in [3.63, 3.8) is 0 Å². The number of para-hydroxylation sites is 1. The quantitative estimate of drug-likeness (QED) is 0.725. The third-order valence-electron chi connectivity index (χ3n) is 3.27. The van der Waals surface area contributed by atoms with Gasteiger partial charge in [-0.2, -0.15) is 0 Å². The molecule has 0 radical (unpaired) electrons. The zero-order valence-electron chi connectivity index (χ0n) is 13.5. The highest BCUT2D eigenvalue weighted by Crippen LogP contribution is 2.21. The zero-order chi connectivity index (χ0) is 16.7. The first-order valence-corrected chi connectivity index (χ1v) is 8.24. The fourth-order valence-corrected chi connectivity index (χ4v) is 2.38. The average Bonchev–Trinajstić information content (AvgIpc) is 2.96. The van der Waals surface area contributed by atoms with Gasteiger partial charge in [-0.25, -0.2) is 9.67 Å². The molecule has 1 amide bonds. The van der Waals surface area contributed by atoms with E-state index in [2.05, 4.69) is 27.6 Å². The molecule has 2 N–H and O–H groups in total. The lowest BCUT2D eigenvalue weighted by molar-refractivity contribution is 0.0943.